The monoisotopic (exact) mass is 332 g/mol. The zero-order valence-electron chi connectivity index (χ0n) is 11.1. The number of alkyl halides is 1. The van der Waals surface area contributed by atoms with Gasteiger partial charge in [-0.3, -0.25) is 0 Å². The van der Waals surface area contributed by atoms with Crippen molar-refractivity contribution in [2.24, 2.45) is 0 Å². The van der Waals surface area contributed by atoms with Gasteiger partial charge in [0.15, 0.2) is 0 Å². The van der Waals surface area contributed by atoms with Crippen LogP contribution in [0.5, 0.6) is 5.75 Å². The highest BCUT2D eigenvalue weighted by Crippen LogP contribution is 2.26. The topological polar surface area (TPSA) is 9.23 Å². The highest BCUT2D eigenvalue weighted by Gasteiger charge is 2.02. The predicted molar refractivity (Wildman–Crippen MR) is 82.6 cm³/mol. The summed E-state index contributed by atoms with van der Waals surface area (Å²) < 4.78 is 6.75. The lowest BCUT2D eigenvalue weighted by atomic mass is 10.1. The van der Waals surface area contributed by atoms with Gasteiger partial charge in [0.05, 0.1) is 11.1 Å². The number of benzene rings is 1. The third kappa shape index (κ3) is 6.10. The molecule has 3 heteroatoms. The van der Waals surface area contributed by atoms with E-state index in [-0.39, 0.29) is 0 Å². The van der Waals surface area contributed by atoms with Crippen molar-refractivity contribution in [3.8, 4) is 5.75 Å². The maximum atomic E-state index is 5.78. The molecule has 1 rings (SSSR count). The van der Waals surface area contributed by atoms with E-state index in [4.69, 9.17) is 16.3 Å². The molecule has 1 aromatic carbocycles. The van der Waals surface area contributed by atoms with E-state index in [2.05, 4.69) is 22.9 Å². The maximum Gasteiger partial charge on any atom is 0.133 e. The van der Waals surface area contributed by atoms with Gasteiger partial charge in [0, 0.05) is 5.88 Å². The molecule has 0 saturated heterocycles. The fraction of sp³-hybridized carbons (Fsp3) is 0.600. The Hall–Kier alpha value is -0.210. The van der Waals surface area contributed by atoms with Crippen LogP contribution in [0.3, 0.4) is 0 Å². The van der Waals surface area contributed by atoms with Crippen molar-refractivity contribution in [3.63, 3.8) is 0 Å². The summed E-state index contributed by atoms with van der Waals surface area (Å²) in [6.07, 6.45) is 7.72. The SMILES string of the molecule is CCCCCCCCOc1ccc(CCl)cc1Br. The normalized spacial score (nSPS) is 10.6. The van der Waals surface area contributed by atoms with Crippen molar-refractivity contribution in [1.29, 1.82) is 0 Å². The van der Waals surface area contributed by atoms with Crippen LogP contribution in [-0.4, -0.2) is 6.61 Å². The van der Waals surface area contributed by atoms with Crippen LogP contribution in [0.4, 0.5) is 0 Å². The first kappa shape index (κ1) is 15.8. The largest absolute Gasteiger partial charge is 0.492 e. The Morgan fingerprint density at radius 3 is 2.50 bits per heavy atom. The highest BCUT2D eigenvalue weighted by atomic mass is 79.9. The molecule has 0 amide bonds. The molecule has 0 radical (unpaired) electrons. The lowest BCUT2D eigenvalue weighted by Gasteiger charge is -2.09. The first-order valence-electron chi connectivity index (χ1n) is 6.75. The van der Waals surface area contributed by atoms with Gasteiger partial charge in [-0.1, -0.05) is 45.1 Å². The van der Waals surface area contributed by atoms with Gasteiger partial charge in [0.1, 0.15) is 5.75 Å². The van der Waals surface area contributed by atoms with E-state index in [0.717, 1.165) is 28.8 Å². The number of hydrogen-bond donors (Lipinski definition) is 0. The molecule has 0 fully saturated rings. The predicted octanol–water partition coefficient (Wildman–Crippen LogP) is 5.93. The van der Waals surface area contributed by atoms with Crippen molar-refractivity contribution in [2.45, 2.75) is 51.3 Å². The van der Waals surface area contributed by atoms with Crippen LogP contribution in [0.2, 0.25) is 0 Å². The number of unbranched alkanes of at least 4 members (excludes halogenated alkanes) is 5. The lowest BCUT2D eigenvalue weighted by molar-refractivity contribution is 0.302. The fourth-order valence-electron chi connectivity index (χ4n) is 1.81. The summed E-state index contributed by atoms with van der Waals surface area (Å²) in [7, 11) is 0. The average molecular weight is 334 g/mol. The van der Waals surface area contributed by atoms with Crippen molar-refractivity contribution in [2.75, 3.05) is 6.61 Å². The molecule has 0 bridgehead atoms. The van der Waals surface area contributed by atoms with Gasteiger partial charge in [-0.15, -0.1) is 11.6 Å². The molecule has 18 heavy (non-hydrogen) atoms. The second kappa shape index (κ2) is 9.69. The Balaban J connectivity index is 2.19. The Morgan fingerprint density at radius 2 is 1.83 bits per heavy atom. The second-order valence-corrected chi connectivity index (χ2v) is 5.64. The molecule has 1 aromatic rings. The minimum atomic E-state index is 0.538. The molecule has 0 aliphatic rings. The van der Waals surface area contributed by atoms with Gasteiger partial charge < -0.3 is 4.74 Å². The van der Waals surface area contributed by atoms with Crippen LogP contribution in [0.1, 0.15) is 51.0 Å². The van der Waals surface area contributed by atoms with Crippen molar-refractivity contribution < 1.29 is 4.74 Å². The van der Waals surface area contributed by atoms with Gasteiger partial charge >= 0.3 is 0 Å². The molecule has 0 saturated carbocycles. The van der Waals surface area contributed by atoms with Crippen LogP contribution in [0.25, 0.3) is 0 Å². The van der Waals surface area contributed by atoms with Crippen molar-refractivity contribution >= 4 is 27.5 Å². The molecule has 0 spiro atoms. The molecule has 0 aliphatic heterocycles. The Kier molecular flexibility index (Phi) is 8.53. The molecule has 0 aromatic heterocycles. The average Bonchev–Trinajstić information content (AvgIpc) is 2.39. The number of hydrogen-bond acceptors (Lipinski definition) is 1. The molecular weight excluding hydrogens is 312 g/mol. The Labute approximate surface area is 124 Å². The molecule has 0 atom stereocenters. The van der Waals surface area contributed by atoms with Crippen LogP contribution in [0, 0.1) is 0 Å². The fourth-order valence-corrected chi connectivity index (χ4v) is 2.52. The highest BCUT2D eigenvalue weighted by molar-refractivity contribution is 9.10. The minimum Gasteiger partial charge on any atom is -0.492 e. The molecule has 0 aliphatic carbocycles. The number of halogens is 2. The zero-order valence-corrected chi connectivity index (χ0v) is 13.4. The Morgan fingerprint density at radius 1 is 1.11 bits per heavy atom. The Bertz CT molecular complexity index is 341. The summed E-state index contributed by atoms with van der Waals surface area (Å²) in [5, 5.41) is 0. The summed E-state index contributed by atoms with van der Waals surface area (Å²) in [5.41, 5.74) is 1.11. The van der Waals surface area contributed by atoms with Crippen LogP contribution in [0.15, 0.2) is 22.7 Å². The summed E-state index contributed by atoms with van der Waals surface area (Å²) in [6.45, 7) is 3.04. The minimum absolute atomic E-state index is 0.538. The lowest BCUT2D eigenvalue weighted by Crippen LogP contribution is -1.98. The third-order valence-electron chi connectivity index (χ3n) is 2.91. The molecule has 102 valence electrons. The van der Waals surface area contributed by atoms with Crippen LogP contribution < -0.4 is 4.74 Å². The number of rotatable bonds is 9. The van der Waals surface area contributed by atoms with Gasteiger partial charge in [0.25, 0.3) is 0 Å². The zero-order chi connectivity index (χ0) is 13.2. The van der Waals surface area contributed by atoms with E-state index in [0.29, 0.717) is 5.88 Å². The van der Waals surface area contributed by atoms with Gasteiger partial charge in [0.2, 0.25) is 0 Å². The van der Waals surface area contributed by atoms with E-state index < -0.39 is 0 Å². The molecule has 0 N–H and O–H groups in total. The first-order chi connectivity index (χ1) is 8.77. The number of ether oxygens (including phenoxy) is 1. The quantitative estimate of drug-likeness (QED) is 0.402. The molecule has 0 heterocycles. The summed E-state index contributed by atoms with van der Waals surface area (Å²) >= 11 is 9.28. The van der Waals surface area contributed by atoms with Crippen LogP contribution in [-0.2, 0) is 5.88 Å². The summed E-state index contributed by atoms with van der Waals surface area (Å²) in [4.78, 5) is 0. The summed E-state index contributed by atoms with van der Waals surface area (Å²) in [5.74, 6) is 1.45. The standard InChI is InChI=1S/C15H22BrClO/c1-2-3-4-5-6-7-10-18-15-9-8-13(12-17)11-14(15)16/h8-9,11H,2-7,10,12H2,1H3. The van der Waals surface area contributed by atoms with E-state index in [1.807, 2.05) is 18.2 Å². The van der Waals surface area contributed by atoms with E-state index >= 15 is 0 Å². The molecular formula is C15H22BrClO. The van der Waals surface area contributed by atoms with Gasteiger partial charge in [-0.25, -0.2) is 0 Å². The van der Waals surface area contributed by atoms with Crippen molar-refractivity contribution in [1.82, 2.24) is 0 Å². The van der Waals surface area contributed by atoms with Crippen LogP contribution >= 0.6 is 27.5 Å². The third-order valence-corrected chi connectivity index (χ3v) is 3.83. The van der Waals surface area contributed by atoms with E-state index in [1.165, 1.54) is 32.1 Å². The second-order valence-electron chi connectivity index (χ2n) is 4.51. The smallest absolute Gasteiger partial charge is 0.133 e. The molecule has 0 unspecified atom stereocenters. The van der Waals surface area contributed by atoms with E-state index in [9.17, 15) is 0 Å². The van der Waals surface area contributed by atoms with E-state index in [1.54, 1.807) is 0 Å². The molecule has 1 nitrogen and oxygen atoms in total. The first-order valence-corrected chi connectivity index (χ1v) is 8.08. The van der Waals surface area contributed by atoms with Crippen molar-refractivity contribution in [3.05, 3.63) is 28.2 Å². The van der Waals surface area contributed by atoms with Gasteiger partial charge in [-0.2, -0.15) is 0 Å². The van der Waals surface area contributed by atoms with Gasteiger partial charge in [-0.05, 0) is 40.0 Å². The maximum absolute atomic E-state index is 5.78. The summed E-state index contributed by atoms with van der Waals surface area (Å²) in [6, 6.07) is 6.01.